The zero-order chi connectivity index (χ0) is 11.5. The van der Waals surface area contributed by atoms with Crippen LogP contribution in [-0.4, -0.2) is 16.0 Å². The molecule has 0 atom stereocenters. The number of rotatable bonds is 4. The lowest BCUT2D eigenvalue weighted by molar-refractivity contribution is 0.514. The number of hydrogen-bond acceptors (Lipinski definition) is 2. The van der Waals surface area contributed by atoms with Crippen LogP contribution in [0.3, 0.4) is 0 Å². The summed E-state index contributed by atoms with van der Waals surface area (Å²) in [4.78, 5) is 8.01. The van der Waals surface area contributed by atoms with Crippen LogP contribution in [-0.2, 0) is 6.54 Å². The van der Waals surface area contributed by atoms with Gasteiger partial charge in [0.2, 0.25) is 0 Å². The lowest BCUT2D eigenvalue weighted by Crippen LogP contribution is -2.25. The van der Waals surface area contributed by atoms with Gasteiger partial charge >= 0.3 is 0 Å². The molecule has 0 unspecified atom stereocenters. The van der Waals surface area contributed by atoms with Gasteiger partial charge < -0.3 is 10.3 Å². The maximum atomic E-state index is 4.50. The van der Waals surface area contributed by atoms with Gasteiger partial charge in [0.05, 0.1) is 6.54 Å². The average Bonchev–Trinajstić information content (AvgIpc) is 3.09. The molecule has 3 nitrogen and oxygen atoms in total. The normalized spacial score (nSPS) is 22.6. The van der Waals surface area contributed by atoms with Crippen molar-refractivity contribution in [1.82, 2.24) is 15.3 Å². The Labute approximate surface area is 103 Å². The van der Waals surface area contributed by atoms with Gasteiger partial charge in [0.15, 0.2) is 0 Å². The van der Waals surface area contributed by atoms with Crippen LogP contribution < -0.4 is 5.32 Å². The number of aromatic nitrogens is 2. The fourth-order valence-electron chi connectivity index (χ4n) is 3.28. The molecule has 2 fully saturated rings. The first-order chi connectivity index (χ1) is 8.42. The van der Waals surface area contributed by atoms with E-state index in [1.807, 2.05) is 0 Å². The molecule has 0 bridgehead atoms. The minimum atomic E-state index is 0.732. The molecule has 1 aromatic heterocycles. The van der Waals surface area contributed by atoms with E-state index in [0.717, 1.165) is 24.3 Å². The molecule has 0 radical (unpaired) electrons. The van der Waals surface area contributed by atoms with Crippen molar-refractivity contribution < 1.29 is 0 Å². The second-order valence-corrected chi connectivity index (χ2v) is 5.63. The highest BCUT2D eigenvalue weighted by Crippen LogP contribution is 2.32. The van der Waals surface area contributed by atoms with Crippen molar-refractivity contribution in [3.63, 3.8) is 0 Å². The Balaban J connectivity index is 1.52. The molecule has 94 valence electrons. The molecule has 1 aromatic rings. The summed E-state index contributed by atoms with van der Waals surface area (Å²) < 4.78 is 0. The SMILES string of the molecule is c1nc(CNC2CCCC2)[nH]c1C1CCCC1. The third-order valence-electron chi connectivity index (χ3n) is 4.36. The van der Waals surface area contributed by atoms with Crippen molar-refractivity contribution in [3.05, 3.63) is 17.7 Å². The molecular formula is C14H23N3. The molecule has 0 aromatic carbocycles. The molecule has 3 heteroatoms. The van der Waals surface area contributed by atoms with Crippen molar-refractivity contribution in [1.29, 1.82) is 0 Å². The molecule has 0 spiro atoms. The molecule has 2 aliphatic carbocycles. The first-order valence-corrected chi connectivity index (χ1v) is 7.19. The Morgan fingerprint density at radius 2 is 1.82 bits per heavy atom. The summed E-state index contributed by atoms with van der Waals surface area (Å²) in [6.07, 6.45) is 13.0. The van der Waals surface area contributed by atoms with Crippen LogP contribution in [0.15, 0.2) is 6.20 Å². The number of H-pyrrole nitrogens is 1. The lowest BCUT2D eigenvalue weighted by atomic mass is 10.1. The Bertz CT molecular complexity index is 346. The van der Waals surface area contributed by atoms with Crippen molar-refractivity contribution in [3.8, 4) is 0 Å². The predicted molar refractivity (Wildman–Crippen MR) is 68.9 cm³/mol. The fourth-order valence-corrected chi connectivity index (χ4v) is 3.28. The zero-order valence-electron chi connectivity index (χ0n) is 10.5. The van der Waals surface area contributed by atoms with E-state index < -0.39 is 0 Å². The summed E-state index contributed by atoms with van der Waals surface area (Å²) in [5.74, 6) is 1.88. The molecule has 3 rings (SSSR count). The molecular weight excluding hydrogens is 210 g/mol. The van der Waals surface area contributed by atoms with Crippen LogP contribution >= 0.6 is 0 Å². The van der Waals surface area contributed by atoms with E-state index in [0.29, 0.717) is 0 Å². The number of aromatic amines is 1. The van der Waals surface area contributed by atoms with Crippen LogP contribution in [0, 0.1) is 0 Å². The van der Waals surface area contributed by atoms with E-state index in [2.05, 4.69) is 21.5 Å². The van der Waals surface area contributed by atoms with Crippen LogP contribution in [0.1, 0.15) is 68.8 Å². The van der Waals surface area contributed by atoms with Crippen molar-refractivity contribution in [2.45, 2.75) is 69.9 Å². The Morgan fingerprint density at radius 1 is 1.12 bits per heavy atom. The van der Waals surface area contributed by atoms with Gasteiger partial charge in [-0.05, 0) is 25.7 Å². The predicted octanol–water partition coefficient (Wildman–Crippen LogP) is 3.10. The van der Waals surface area contributed by atoms with E-state index in [-0.39, 0.29) is 0 Å². The minimum Gasteiger partial charge on any atom is -0.345 e. The van der Waals surface area contributed by atoms with E-state index in [4.69, 9.17) is 0 Å². The summed E-state index contributed by atoms with van der Waals surface area (Å²) >= 11 is 0. The van der Waals surface area contributed by atoms with Crippen molar-refractivity contribution >= 4 is 0 Å². The van der Waals surface area contributed by atoms with Gasteiger partial charge in [0, 0.05) is 23.9 Å². The van der Waals surface area contributed by atoms with Crippen LogP contribution in [0.2, 0.25) is 0 Å². The lowest BCUT2D eigenvalue weighted by Gasteiger charge is -2.10. The monoisotopic (exact) mass is 233 g/mol. The van der Waals surface area contributed by atoms with Gasteiger partial charge in [-0.2, -0.15) is 0 Å². The van der Waals surface area contributed by atoms with Gasteiger partial charge in [0.25, 0.3) is 0 Å². The third kappa shape index (κ3) is 2.71. The number of nitrogens with zero attached hydrogens (tertiary/aromatic N) is 1. The molecule has 0 saturated heterocycles. The second kappa shape index (κ2) is 5.21. The second-order valence-electron chi connectivity index (χ2n) is 5.63. The smallest absolute Gasteiger partial charge is 0.120 e. The van der Waals surface area contributed by atoms with Crippen molar-refractivity contribution in [2.24, 2.45) is 0 Å². The van der Waals surface area contributed by atoms with E-state index >= 15 is 0 Å². The third-order valence-corrected chi connectivity index (χ3v) is 4.36. The maximum Gasteiger partial charge on any atom is 0.120 e. The quantitative estimate of drug-likeness (QED) is 0.839. The number of nitrogens with one attached hydrogen (secondary N) is 2. The highest BCUT2D eigenvalue weighted by atomic mass is 15.0. The molecule has 17 heavy (non-hydrogen) atoms. The Kier molecular flexibility index (Phi) is 3.46. The molecule has 2 saturated carbocycles. The Hall–Kier alpha value is -0.830. The molecule has 0 amide bonds. The topological polar surface area (TPSA) is 40.7 Å². The molecule has 1 heterocycles. The molecule has 2 aliphatic rings. The first-order valence-electron chi connectivity index (χ1n) is 7.19. The van der Waals surface area contributed by atoms with Gasteiger partial charge in [0.1, 0.15) is 5.82 Å². The van der Waals surface area contributed by atoms with E-state index in [1.165, 1.54) is 57.1 Å². The first kappa shape index (κ1) is 11.3. The van der Waals surface area contributed by atoms with Crippen LogP contribution in [0.25, 0.3) is 0 Å². The van der Waals surface area contributed by atoms with Crippen LogP contribution in [0.4, 0.5) is 0 Å². The summed E-state index contributed by atoms with van der Waals surface area (Å²) in [6.45, 7) is 0.914. The van der Waals surface area contributed by atoms with Gasteiger partial charge in [-0.15, -0.1) is 0 Å². The zero-order valence-corrected chi connectivity index (χ0v) is 10.5. The average molecular weight is 233 g/mol. The summed E-state index contributed by atoms with van der Waals surface area (Å²) in [5, 5.41) is 3.61. The number of imidazole rings is 1. The van der Waals surface area contributed by atoms with Gasteiger partial charge in [-0.1, -0.05) is 25.7 Å². The fraction of sp³-hybridized carbons (Fsp3) is 0.786. The van der Waals surface area contributed by atoms with Gasteiger partial charge in [-0.25, -0.2) is 4.98 Å². The minimum absolute atomic E-state index is 0.732. The van der Waals surface area contributed by atoms with Crippen LogP contribution in [0.5, 0.6) is 0 Å². The van der Waals surface area contributed by atoms with E-state index in [1.54, 1.807) is 0 Å². The summed E-state index contributed by atoms with van der Waals surface area (Å²) in [6, 6.07) is 0.732. The number of hydrogen-bond donors (Lipinski definition) is 2. The summed E-state index contributed by atoms with van der Waals surface area (Å²) in [5.41, 5.74) is 1.37. The highest BCUT2D eigenvalue weighted by molar-refractivity contribution is 5.09. The largest absolute Gasteiger partial charge is 0.345 e. The van der Waals surface area contributed by atoms with Crippen molar-refractivity contribution in [2.75, 3.05) is 0 Å². The summed E-state index contributed by atoms with van der Waals surface area (Å²) in [7, 11) is 0. The standard InChI is InChI=1S/C14H23N3/c1-2-6-11(5-1)13-9-16-14(17-13)10-15-12-7-3-4-8-12/h9,11-12,15H,1-8,10H2,(H,16,17). The molecule has 2 N–H and O–H groups in total. The maximum absolute atomic E-state index is 4.50. The molecule has 0 aliphatic heterocycles. The highest BCUT2D eigenvalue weighted by Gasteiger charge is 2.19. The van der Waals surface area contributed by atoms with E-state index in [9.17, 15) is 0 Å². The van der Waals surface area contributed by atoms with Gasteiger partial charge in [-0.3, -0.25) is 0 Å². The Morgan fingerprint density at radius 3 is 2.59 bits per heavy atom.